The Morgan fingerprint density at radius 2 is 1.36 bits per heavy atom. The molecule has 2 aromatic carbocycles. The molecule has 0 saturated heterocycles. The summed E-state index contributed by atoms with van der Waals surface area (Å²) in [5.41, 5.74) is 5.10. The number of aryl methyl sites for hydroxylation is 2. The van der Waals surface area contributed by atoms with Crippen LogP contribution in [0, 0.1) is 13.8 Å². The van der Waals surface area contributed by atoms with Crippen LogP contribution in [0.2, 0.25) is 0 Å². The fraction of sp³-hybridized carbons (Fsp3) is 0.158. The van der Waals surface area contributed by atoms with Crippen LogP contribution in [0.3, 0.4) is 0 Å². The van der Waals surface area contributed by atoms with Gasteiger partial charge in [-0.15, -0.1) is 0 Å². The van der Waals surface area contributed by atoms with Crippen molar-refractivity contribution in [2.75, 3.05) is 10.6 Å². The van der Waals surface area contributed by atoms with Gasteiger partial charge in [-0.1, -0.05) is 0 Å². The molecule has 0 radical (unpaired) electrons. The fourth-order valence-electron chi connectivity index (χ4n) is 2.39. The van der Waals surface area contributed by atoms with Gasteiger partial charge in [0.2, 0.25) is 0 Å². The molecule has 0 saturated carbocycles. The minimum absolute atomic E-state index is 0.0150. The first-order chi connectivity index (χ1) is 11.9. The Kier molecular flexibility index (Phi) is 4.43. The van der Waals surface area contributed by atoms with Gasteiger partial charge in [0, 0.05) is 16.9 Å². The number of anilines is 2. The lowest BCUT2D eigenvalue weighted by Gasteiger charge is -2.09. The standard InChI is InChI=1S/C19H18N4O2/c1-11-12(2)21-18-10-16(8-9-17(18)20-11)23-19(25)22-15-6-4-14(5-7-15)13(3)24/h4-10H,1-3H3,(H2,22,23,25). The SMILES string of the molecule is CC(=O)c1ccc(NC(=O)Nc2ccc3nc(C)c(C)nc3c2)cc1. The molecule has 0 fully saturated rings. The molecule has 1 heterocycles. The van der Waals surface area contributed by atoms with E-state index in [1.807, 2.05) is 19.9 Å². The highest BCUT2D eigenvalue weighted by atomic mass is 16.2. The molecule has 1 aromatic heterocycles. The summed E-state index contributed by atoms with van der Waals surface area (Å²) in [5, 5.41) is 5.50. The normalized spacial score (nSPS) is 10.5. The molecule has 25 heavy (non-hydrogen) atoms. The zero-order chi connectivity index (χ0) is 18.0. The Morgan fingerprint density at radius 1 is 0.800 bits per heavy atom. The van der Waals surface area contributed by atoms with Crippen LogP contribution in [-0.2, 0) is 0 Å². The molecule has 3 rings (SSSR count). The van der Waals surface area contributed by atoms with Gasteiger partial charge in [-0.2, -0.15) is 0 Å². The number of nitrogens with zero attached hydrogens (tertiary/aromatic N) is 2. The lowest BCUT2D eigenvalue weighted by molar-refractivity contribution is 0.101. The van der Waals surface area contributed by atoms with E-state index < -0.39 is 0 Å². The second kappa shape index (κ2) is 6.68. The number of hydrogen-bond donors (Lipinski definition) is 2. The first-order valence-corrected chi connectivity index (χ1v) is 7.86. The van der Waals surface area contributed by atoms with E-state index in [2.05, 4.69) is 20.6 Å². The number of benzene rings is 2. The van der Waals surface area contributed by atoms with Crippen LogP contribution in [0.1, 0.15) is 28.7 Å². The van der Waals surface area contributed by atoms with Crippen LogP contribution < -0.4 is 10.6 Å². The fourth-order valence-corrected chi connectivity index (χ4v) is 2.39. The first-order valence-electron chi connectivity index (χ1n) is 7.86. The van der Waals surface area contributed by atoms with Crippen molar-refractivity contribution >= 4 is 34.2 Å². The summed E-state index contributed by atoms with van der Waals surface area (Å²) in [6.45, 7) is 5.32. The minimum atomic E-state index is -0.369. The number of urea groups is 1. The predicted octanol–water partition coefficient (Wildman–Crippen LogP) is 4.09. The lowest BCUT2D eigenvalue weighted by Crippen LogP contribution is -2.19. The van der Waals surface area contributed by atoms with Crippen molar-refractivity contribution in [2.24, 2.45) is 0 Å². The summed E-state index contributed by atoms with van der Waals surface area (Å²) in [5.74, 6) is -0.0150. The van der Waals surface area contributed by atoms with Crippen molar-refractivity contribution in [3.63, 3.8) is 0 Å². The summed E-state index contributed by atoms with van der Waals surface area (Å²) < 4.78 is 0. The third-order valence-corrected chi connectivity index (χ3v) is 3.88. The first kappa shape index (κ1) is 16.6. The molecule has 2 N–H and O–H groups in total. The molecule has 0 bridgehead atoms. The van der Waals surface area contributed by atoms with Crippen LogP contribution >= 0.6 is 0 Å². The summed E-state index contributed by atoms with van der Waals surface area (Å²) in [4.78, 5) is 32.3. The monoisotopic (exact) mass is 334 g/mol. The summed E-state index contributed by atoms with van der Waals surface area (Å²) in [6.07, 6.45) is 0. The summed E-state index contributed by atoms with van der Waals surface area (Å²) >= 11 is 0. The largest absolute Gasteiger partial charge is 0.323 e. The molecule has 0 spiro atoms. The maximum Gasteiger partial charge on any atom is 0.323 e. The molecular weight excluding hydrogens is 316 g/mol. The number of rotatable bonds is 3. The molecule has 0 aliphatic heterocycles. The summed E-state index contributed by atoms with van der Waals surface area (Å²) in [7, 11) is 0. The number of aromatic nitrogens is 2. The van der Waals surface area contributed by atoms with E-state index in [-0.39, 0.29) is 11.8 Å². The van der Waals surface area contributed by atoms with Crippen LogP contribution in [-0.4, -0.2) is 21.8 Å². The van der Waals surface area contributed by atoms with E-state index in [9.17, 15) is 9.59 Å². The van der Waals surface area contributed by atoms with Gasteiger partial charge in [0.25, 0.3) is 0 Å². The van der Waals surface area contributed by atoms with Gasteiger partial charge >= 0.3 is 6.03 Å². The molecular formula is C19H18N4O2. The minimum Gasteiger partial charge on any atom is -0.308 e. The maximum atomic E-state index is 12.1. The smallest absolute Gasteiger partial charge is 0.308 e. The van der Waals surface area contributed by atoms with Gasteiger partial charge in [0.1, 0.15) is 0 Å². The Bertz CT molecular complexity index is 965. The number of amides is 2. The van der Waals surface area contributed by atoms with Crippen molar-refractivity contribution in [1.29, 1.82) is 0 Å². The molecule has 3 aromatic rings. The third kappa shape index (κ3) is 3.80. The number of ketones is 1. The van der Waals surface area contributed by atoms with E-state index >= 15 is 0 Å². The molecule has 2 amide bonds. The second-order valence-electron chi connectivity index (χ2n) is 5.81. The number of Topliss-reactive ketones (excluding diaryl/α,β-unsaturated/α-hetero) is 1. The zero-order valence-corrected chi connectivity index (χ0v) is 14.3. The predicted molar refractivity (Wildman–Crippen MR) is 98.1 cm³/mol. The maximum absolute atomic E-state index is 12.1. The van der Waals surface area contributed by atoms with Crippen molar-refractivity contribution < 1.29 is 9.59 Å². The van der Waals surface area contributed by atoms with Crippen molar-refractivity contribution in [3.8, 4) is 0 Å². The highest BCUT2D eigenvalue weighted by Gasteiger charge is 2.07. The van der Waals surface area contributed by atoms with Gasteiger partial charge < -0.3 is 10.6 Å². The average molecular weight is 334 g/mol. The van der Waals surface area contributed by atoms with Gasteiger partial charge in [-0.05, 0) is 63.2 Å². The zero-order valence-electron chi connectivity index (χ0n) is 14.3. The molecule has 126 valence electrons. The Balaban J connectivity index is 1.73. The van der Waals surface area contributed by atoms with E-state index in [1.165, 1.54) is 6.92 Å². The quantitative estimate of drug-likeness (QED) is 0.707. The summed E-state index contributed by atoms with van der Waals surface area (Å²) in [6, 6.07) is 11.8. The number of hydrogen-bond acceptors (Lipinski definition) is 4. The van der Waals surface area contributed by atoms with E-state index in [4.69, 9.17) is 0 Å². The average Bonchev–Trinajstić information content (AvgIpc) is 2.56. The molecule has 0 aliphatic rings. The second-order valence-corrected chi connectivity index (χ2v) is 5.81. The Hall–Kier alpha value is -3.28. The van der Waals surface area contributed by atoms with Gasteiger partial charge in [-0.25, -0.2) is 14.8 Å². The third-order valence-electron chi connectivity index (χ3n) is 3.88. The molecule has 0 atom stereocenters. The van der Waals surface area contributed by atoms with Crippen LogP contribution in [0.15, 0.2) is 42.5 Å². The van der Waals surface area contributed by atoms with Crippen molar-refractivity contribution in [1.82, 2.24) is 9.97 Å². The molecule has 0 aliphatic carbocycles. The van der Waals surface area contributed by atoms with E-state index in [0.29, 0.717) is 16.9 Å². The van der Waals surface area contributed by atoms with Gasteiger partial charge in [0.05, 0.1) is 22.4 Å². The highest BCUT2D eigenvalue weighted by Crippen LogP contribution is 2.18. The highest BCUT2D eigenvalue weighted by molar-refractivity contribution is 6.01. The van der Waals surface area contributed by atoms with Gasteiger partial charge in [0.15, 0.2) is 5.78 Å². The van der Waals surface area contributed by atoms with Gasteiger partial charge in [-0.3, -0.25) is 4.79 Å². The van der Waals surface area contributed by atoms with Crippen molar-refractivity contribution in [2.45, 2.75) is 20.8 Å². The number of nitrogens with one attached hydrogen (secondary N) is 2. The number of fused-ring (bicyclic) bond motifs is 1. The van der Waals surface area contributed by atoms with Crippen LogP contribution in [0.5, 0.6) is 0 Å². The molecule has 6 nitrogen and oxygen atoms in total. The topological polar surface area (TPSA) is 84.0 Å². The van der Waals surface area contributed by atoms with Crippen molar-refractivity contribution in [3.05, 3.63) is 59.4 Å². The van der Waals surface area contributed by atoms with Crippen LogP contribution in [0.4, 0.5) is 16.2 Å². The number of carbonyl (C=O) groups excluding carboxylic acids is 2. The molecule has 0 unspecified atom stereocenters. The molecule has 6 heteroatoms. The van der Waals surface area contributed by atoms with Crippen LogP contribution in [0.25, 0.3) is 11.0 Å². The lowest BCUT2D eigenvalue weighted by atomic mass is 10.1. The number of carbonyl (C=O) groups is 2. The van der Waals surface area contributed by atoms with E-state index in [1.54, 1.807) is 36.4 Å². The Morgan fingerprint density at radius 3 is 2.00 bits per heavy atom. The Labute approximate surface area is 145 Å². The van der Waals surface area contributed by atoms with E-state index in [0.717, 1.165) is 22.4 Å².